The molecule has 0 atom stereocenters. The fourth-order valence-electron chi connectivity index (χ4n) is 2.50. The van der Waals surface area contributed by atoms with Crippen LogP contribution in [0, 0.1) is 20.8 Å². The van der Waals surface area contributed by atoms with E-state index in [0.717, 1.165) is 23.2 Å². The topological polar surface area (TPSA) is 17.0 Å². The first-order chi connectivity index (χ1) is 9.02. The maximum atomic E-state index is 3.59. The van der Waals surface area contributed by atoms with Crippen LogP contribution in [-0.2, 0) is 13.1 Å². The molecular weight excluding hydrogens is 300 g/mol. The summed E-state index contributed by atoms with van der Waals surface area (Å²) in [6.07, 6.45) is 0. The van der Waals surface area contributed by atoms with Crippen LogP contribution in [0.1, 0.15) is 29.4 Å². The second kappa shape index (κ2) is 5.83. The molecule has 3 heteroatoms. The molecule has 0 fully saturated rings. The van der Waals surface area contributed by atoms with E-state index in [1.54, 1.807) is 0 Å². The van der Waals surface area contributed by atoms with Crippen LogP contribution in [0.2, 0.25) is 0 Å². The van der Waals surface area contributed by atoms with E-state index in [1.165, 1.54) is 22.5 Å². The maximum absolute atomic E-state index is 3.59. The average molecular weight is 321 g/mol. The molecule has 0 amide bonds. The van der Waals surface area contributed by atoms with Crippen molar-refractivity contribution in [3.8, 4) is 0 Å². The Morgan fingerprint density at radius 1 is 1.16 bits per heavy atom. The number of rotatable bonds is 4. The first kappa shape index (κ1) is 14.2. The second-order valence-electron chi connectivity index (χ2n) is 4.98. The van der Waals surface area contributed by atoms with Crippen LogP contribution in [0.3, 0.4) is 0 Å². The van der Waals surface area contributed by atoms with Gasteiger partial charge in [0.2, 0.25) is 0 Å². The third-order valence-electron chi connectivity index (χ3n) is 3.59. The molecule has 2 nitrogen and oxygen atoms in total. The van der Waals surface area contributed by atoms with E-state index in [4.69, 9.17) is 0 Å². The zero-order valence-corrected chi connectivity index (χ0v) is 13.6. The zero-order valence-electron chi connectivity index (χ0n) is 12.0. The molecule has 0 saturated heterocycles. The lowest BCUT2D eigenvalue weighted by atomic mass is 10.2. The van der Waals surface area contributed by atoms with E-state index in [9.17, 15) is 0 Å². The van der Waals surface area contributed by atoms with E-state index < -0.39 is 0 Å². The minimum atomic E-state index is 0.863. The Bertz CT molecular complexity index is 585. The van der Waals surface area contributed by atoms with Gasteiger partial charge >= 0.3 is 0 Å². The van der Waals surface area contributed by atoms with Crippen molar-refractivity contribution in [2.75, 3.05) is 5.32 Å². The molecule has 2 rings (SSSR count). The molecule has 19 heavy (non-hydrogen) atoms. The number of aryl methyl sites for hydroxylation is 2. The number of nitrogens with one attached hydrogen (secondary N) is 1. The molecule has 1 aromatic heterocycles. The Morgan fingerprint density at radius 3 is 2.53 bits per heavy atom. The summed E-state index contributed by atoms with van der Waals surface area (Å²) in [5.41, 5.74) is 6.48. The van der Waals surface area contributed by atoms with Crippen molar-refractivity contribution in [2.24, 2.45) is 0 Å². The highest BCUT2D eigenvalue weighted by Gasteiger charge is 2.08. The Hall–Kier alpha value is -1.22. The molecule has 0 saturated carbocycles. The van der Waals surface area contributed by atoms with Gasteiger partial charge in [-0.3, -0.25) is 0 Å². The molecule has 1 aromatic carbocycles. The third-order valence-corrected chi connectivity index (χ3v) is 4.28. The quantitative estimate of drug-likeness (QED) is 0.855. The van der Waals surface area contributed by atoms with E-state index in [0.29, 0.717) is 0 Å². The van der Waals surface area contributed by atoms with E-state index in [-0.39, 0.29) is 0 Å². The highest BCUT2D eigenvalue weighted by Crippen LogP contribution is 2.25. The van der Waals surface area contributed by atoms with Crippen LogP contribution < -0.4 is 5.32 Å². The predicted octanol–water partition coefficient (Wildman–Crippen LogP) is 4.81. The highest BCUT2D eigenvalue weighted by molar-refractivity contribution is 9.10. The van der Waals surface area contributed by atoms with Crippen molar-refractivity contribution in [1.29, 1.82) is 0 Å². The molecule has 0 bridgehead atoms. The monoisotopic (exact) mass is 320 g/mol. The van der Waals surface area contributed by atoms with Crippen LogP contribution in [0.15, 0.2) is 28.7 Å². The molecule has 2 aromatic rings. The van der Waals surface area contributed by atoms with Gasteiger partial charge in [0.05, 0.1) is 0 Å². The lowest BCUT2D eigenvalue weighted by Gasteiger charge is -2.10. The molecule has 1 heterocycles. The number of benzene rings is 1. The summed E-state index contributed by atoms with van der Waals surface area (Å²) >= 11 is 3.59. The number of nitrogens with zero attached hydrogens (tertiary/aromatic N) is 1. The van der Waals surface area contributed by atoms with Crippen molar-refractivity contribution in [1.82, 2.24) is 4.57 Å². The molecule has 0 aliphatic heterocycles. The fourth-order valence-corrected chi connectivity index (χ4v) is 2.89. The fraction of sp³-hybridized carbons (Fsp3) is 0.375. The van der Waals surface area contributed by atoms with Crippen LogP contribution in [0.5, 0.6) is 0 Å². The SMILES string of the molecule is CCn1c(C)cc(CNc2cc(C)ccc2Br)c1C. The number of halogens is 1. The molecule has 0 aliphatic carbocycles. The number of hydrogen-bond donors (Lipinski definition) is 1. The van der Waals surface area contributed by atoms with Crippen LogP contribution in [0.25, 0.3) is 0 Å². The minimum absolute atomic E-state index is 0.863. The third kappa shape index (κ3) is 3.03. The standard InChI is InChI=1S/C16H21BrN2/c1-5-19-12(3)9-14(13(19)4)10-18-16-8-11(2)6-7-15(16)17/h6-9,18H,5,10H2,1-4H3. The summed E-state index contributed by atoms with van der Waals surface area (Å²) in [6, 6.07) is 8.64. The number of aromatic nitrogens is 1. The lowest BCUT2D eigenvalue weighted by molar-refractivity contribution is 0.715. The first-order valence-electron chi connectivity index (χ1n) is 6.68. The van der Waals surface area contributed by atoms with E-state index >= 15 is 0 Å². The first-order valence-corrected chi connectivity index (χ1v) is 7.48. The molecular formula is C16H21BrN2. The molecule has 0 spiro atoms. The Labute approximate surface area is 124 Å². The Balaban J connectivity index is 2.17. The number of hydrogen-bond acceptors (Lipinski definition) is 1. The van der Waals surface area contributed by atoms with E-state index in [1.807, 2.05) is 0 Å². The minimum Gasteiger partial charge on any atom is -0.380 e. The number of anilines is 1. The summed E-state index contributed by atoms with van der Waals surface area (Å²) in [6.45, 7) is 10.6. The largest absolute Gasteiger partial charge is 0.380 e. The van der Waals surface area contributed by atoms with E-state index in [2.05, 4.69) is 77.8 Å². The van der Waals surface area contributed by atoms with Gasteiger partial charge < -0.3 is 9.88 Å². The lowest BCUT2D eigenvalue weighted by Crippen LogP contribution is -2.03. The normalized spacial score (nSPS) is 10.8. The summed E-state index contributed by atoms with van der Waals surface area (Å²) < 4.78 is 3.46. The van der Waals surface area contributed by atoms with Crippen molar-refractivity contribution in [3.63, 3.8) is 0 Å². The second-order valence-corrected chi connectivity index (χ2v) is 5.83. The molecule has 1 N–H and O–H groups in total. The van der Waals surface area contributed by atoms with Crippen LogP contribution >= 0.6 is 15.9 Å². The van der Waals surface area contributed by atoms with Gasteiger partial charge in [0.25, 0.3) is 0 Å². The van der Waals surface area contributed by atoms with Gasteiger partial charge in [0.15, 0.2) is 0 Å². The Morgan fingerprint density at radius 2 is 1.89 bits per heavy atom. The van der Waals surface area contributed by atoms with Gasteiger partial charge in [-0.2, -0.15) is 0 Å². The summed E-state index contributed by atoms with van der Waals surface area (Å²) in [7, 11) is 0. The Kier molecular flexibility index (Phi) is 4.35. The van der Waals surface area contributed by atoms with Gasteiger partial charge in [0, 0.05) is 34.6 Å². The molecule has 0 radical (unpaired) electrons. The van der Waals surface area contributed by atoms with Gasteiger partial charge in [-0.1, -0.05) is 6.07 Å². The van der Waals surface area contributed by atoms with Crippen LogP contribution in [0.4, 0.5) is 5.69 Å². The van der Waals surface area contributed by atoms with Crippen LogP contribution in [-0.4, -0.2) is 4.57 Å². The van der Waals surface area contributed by atoms with Gasteiger partial charge in [-0.15, -0.1) is 0 Å². The van der Waals surface area contributed by atoms with Crippen molar-refractivity contribution in [2.45, 2.75) is 40.8 Å². The smallest absolute Gasteiger partial charge is 0.0489 e. The zero-order chi connectivity index (χ0) is 14.0. The summed E-state index contributed by atoms with van der Waals surface area (Å²) in [5, 5.41) is 3.52. The summed E-state index contributed by atoms with van der Waals surface area (Å²) in [5.74, 6) is 0. The van der Waals surface area contributed by atoms with Crippen molar-refractivity contribution < 1.29 is 0 Å². The van der Waals surface area contributed by atoms with Crippen molar-refractivity contribution in [3.05, 3.63) is 51.3 Å². The van der Waals surface area contributed by atoms with Gasteiger partial charge in [-0.25, -0.2) is 0 Å². The maximum Gasteiger partial charge on any atom is 0.0489 e. The molecule has 102 valence electrons. The van der Waals surface area contributed by atoms with Crippen molar-refractivity contribution >= 4 is 21.6 Å². The van der Waals surface area contributed by atoms with Gasteiger partial charge in [0.1, 0.15) is 0 Å². The molecule has 0 unspecified atom stereocenters. The molecule has 0 aliphatic rings. The average Bonchev–Trinajstić information content (AvgIpc) is 2.65. The predicted molar refractivity (Wildman–Crippen MR) is 85.8 cm³/mol. The summed E-state index contributed by atoms with van der Waals surface area (Å²) in [4.78, 5) is 0. The highest BCUT2D eigenvalue weighted by atomic mass is 79.9. The van der Waals surface area contributed by atoms with Gasteiger partial charge in [-0.05, 0) is 73.0 Å².